The molecule has 0 saturated heterocycles. The zero-order chi connectivity index (χ0) is 14.5. The molecule has 2 rings (SSSR count). The van der Waals surface area contributed by atoms with Gasteiger partial charge in [0.25, 0.3) is 0 Å². The predicted molar refractivity (Wildman–Crippen MR) is 79.4 cm³/mol. The maximum Gasteiger partial charge on any atom is 0.125 e. The van der Waals surface area contributed by atoms with Gasteiger partial charge in [0.2, 0.25) is 0 Å². The van der Waals surface area contributed by atoms with Gasteiger partial charge in [-0.05, 0) is 42.8 Å². The Bertz CT molecular complexity index is 564. The van der Waals surface area contributed by atoms with Crippen LogP contribution in [-0.4, -0.2) is 12.2 Å². The van der Waals surface area contributed by atoms with Crippen molar-refractivity contribution in [3.05, 3.63) is 58.6 Å². The number of hydrogen-bond acceptors (Lipinski definition) is 3. The maximum absolute atomic E-state index is 9.74. The molecule has 0 heterocycles. The Hall–Kier alpha value is -1.71. The number of hydrogen-bond donors (Lipinski definition) is 1. The van der Waals surface area contributed by atoms with E-state index in [0.717, 1.165) is 11.3 Å². The first-order chi connectivity index (χ1) is 9.60. The summed E-state index contributed by atoms with van der Waals surface area (Å²) in [4.78, 5) is 0. The van der Waals surface area contributed by atoms with E-state index < -0.39 is 6.10 Å². The largest absolute Gasteiger partial charge is 0.497 e. The summed E-state index contributed by atoms with van der Waals surface area (Å²) in [6.45, 7) is 2.11. The molecule has 0 aliphatic heterocycles. The van der Waals surface area contributed by atoms with Crippen LogP contribution in [0.4, 0.5) is 0 Å². The van der Waals surface area contributed by atoms with Crippen LogP contribution in [0.3, 0.4) is 0 Å². The van der Waals surface area contributed by atoms with Crippen LogP contribution in [0.25, 0.3) is 0 Å². The van der Waals surface area contributed by atoms with Gasteiger partial charge in [0.1, 0.15) is 18.1 Å². The minimum absolute atomic E-state index is 0.422. The van der Waals surface area contributed by atoms with Crippen molar-refractivity contribution >= 4 is 11.6 Å². The second-order valence-electron chi connectivity index (χ2n) is 4.49. The number of aliphatic hydroxyl groups is 1. The summed E-state index contributed by atoms with van der Waals surface area (Å²) in [5.41, 5.74) is 1.71. The topological polar surface area (TPSA) is 38.7 Å². The summed E-state index contributed by atoms with van der Waals surface area (Å²) in [5.74, 6) is 1.45. The van der Waals surface area contributed by atoms with Crippen molar-refractivity contribution in [3.8, 4) is 11.5 Å². The zero-order valence-corrected chi connectivity index (χ0v) is 12.2. The standard InChI is InChI=1S/C16H17ClO3/c1-11(18)15-9-13(17)5-8-16(15)20-10-12-3-6-14(19-2)7-4-12/h3-9,11,18H,10H2,1-2H3. The summed E-state index contributed by atoms with van der Waals surface area (Å²) in [5, 5.41) is 10.3. The van der Waals surface area contributed by atoms with Gasteiger partial charge in [-0.2, -0.15) is 0 Å². The molecule has 0 spiro atoms. The van der Waals surface area contributed by atoms with Crippen molar-refractivity contribution in [1.29, 1.82) is 0 Å². The number of aliphatic hydroxyl groups excluding tert-OH is 1. The monoisotopic (exact) mass is 292 g/mol. The van der Waals surface area contributed by atoms with E-state index in [1.54, 1.807) is 32.2 Å². The van der Waals surface area contributed by atoms with Crippen LogP contribution in [0.15, 0.2) is 42.5 Å². The third-order valence-corrected chi connectivity index (χ3v) is 3.21. The first-order valence-electron chi connectivity index (χ1n) is 6.33. The molecular formula is C16H17ClO3. The molecule has 106 valence electrons. The molecule has 0 radical (unpaired) electrons. The van der Waals surface area contributed by atoms with E-state index in [2.05, 4.69) is 0 Å². The molecule has 2 aromatic carbocycles. The predicted octanol–water partition coefficient (Wildman–Crippen LogP) is 3.98. The SMILES string of the molecule is COc1ccc(COc2ccc(Cl)cc2C(C)O)cc1. The van der Waals surface area contributed by atoms with Gasteiger partial charge in [0.15, 0.2) is 0 Å². The van der Waals surface area contributed by atoms with Crippen LogP contribution in [0.2, 0.25) is 5.02 Å². The lowest BCUT2D eigenvalue weighted by atomic mass is 10.1. The third-order valence-electron chi connectivity index (χ3n) is 2.98. The molecule has 1 atom stereocenters. The molecule has 0 fully saturated rings. The Balaban J connectivity index is 2.10. The van der Waals surface area contributed by atoms with Gasteiger partial charge in [0.05, 0.1) is 13.2 Å². The highest BCUT2D eigenvalue weighted by atomic mass is 35.5. The molecule has 3 nitrogen and oxygen atoms in total. The van der Waals surface area contributed by atoms with Crippen molar-refractivity contribution in [2.24, 2.45) is 0 Å². The number of ether oxygens (including phenoxy) is 2. The fraction of sp³-hybridized carbons (Fsp3) is 0.250. The maximum atomic E-state index is 9.74. The van der Waals surface area contributed by atoms with Crippen molar-refractivity contribution < 1.29 is 14.6 Å². The molecule has 2 aromatic rings. The number of methoxy groups -OCH3 is 1. The number of rotatable bonds is 5. The number of benzene rings is 2. The fourth-order valence-corrected chi connectivity index (χ4v) is 2.04. The van der Waals surface area contributed by atoms with Crippen LogP contribution in [-0.2, 0) is 6.61 Å². The fourth-order valence-electron chi connectivity index (χ4n) is 1.86. The van der Waals surface area contributed by atoms with E-state index in [1.165, 1.54) is 0 Å². The molecule has 1 N–H and O–H groups in total. The minimum Gasteiger partial charge on any atom is -0.497 e. The zero-order valence-electron chi connectivity index (χ0n) is 11.5. The van der Waals surface area contributed by atoms with E-state index in [4.69, 9.17) is 21.1 Å². The highest BCUT2D eigenvalue weighted by Gasteiger charge is 2.10. The average Bonchev–Trinajstić information content (AvgIpc) is 2.46. The molecule has 0 aromatic heterocycles. The molecule has 0 aliphatic rings. The smallest absolute Gasteiger partial charge is 0.125 e. The lowest BCUT2D eigenvalue weighted by Gasteiger charge is -2.14. The second-order valence-corrected chi connectivity index (χ2v) is 4.93. The van der Waals surface area contributed by atoms with Gasteiger partial charge in [-0.3, -0.25) is 0 Å². The second kappa shape index (κ2) is 6.64. The van der Waals surface area contributed by atoms with E-state index in [0.29, 0.717) is 22.9 Å². The average molecular weight is 293 g/mol. The molecule has 0 aliphatic carbocycles. The first-order valence-corrected chi connectivity index (χ1v) is 6.71. The van der Waals surface area contributed by atoms with Crippen LogP contribution in [0.1, 0.15) is 24.2 Å². The van der Waals surface area contributed by atoms with Gasteiger partial charge in [0, 0.05) is 10.6 Å². The summed E-state index contributed by atoms with van der Waals surface area (Å²) in [7, 11) is 1.63. The molecule has 4 heteroatoms. The summed E-state index contributed by atoms with van der Waals surface area (Å²) < 4.78 is 10.9. The Morgan fingerprint density at radius 1 is 1.15 bits per heavy atom. The van der Waals surface area contributed by atoms with Crippen molar-refractivity contribution in [3.63, 3.8) is 0 Å². The Morgan fingerprint density at radius 2 is 1.85 bits per heavy atom. The van der Waals surface area contributed by atoms with Crippen molar-refractivity contribution in [2.45, 2.75) is 19.6 Å². The van der Waals surface area contributed by atoms with Crippen molar-refractivity contribution in [2.75, 3.05) is 7.11 Å². The molecular weight excluding hydrogens is 276 g/mol. The van der Waals surface area contributed by atoms with E-state index in [-0.39, 0.29) is 0 Å². The molecule has 1 unspecified atom stereocenters. The first kappa shape index (κ1) is 14.7. The normalized spacial score (nSPS) is 12.0. The Morgan fingerprint density at radius 3 is 2.45 bits per heavy atom. The van der Waals surface area contributed by atoms with E-state index in [9.17, 15) is 5.11 Å². The minimum atomic E-state index is -0.625. The summed E-state index contributed by atoms with van der Waals surface area (Å²) in [6.07, 6.45) is -0.625. The quantitative estimate of drug-likeness (QED) is 0.906. The molecule has 0 bridgehead atoms. The van der Waals surface area contributed by atoms with Crippen molar-refractivity contribution in [1.82, 2.24) is 0 Å². The Kier molecular flexibility index (Phi) is 4.88. The lowest BCUT2D eigenvalue weighted by Crippen LogP contribution is -2.01. The Labute approximate surface area is 123 Å². The summed E-state index contributed by atoms with van der Waals surface area (Å²) >= 11 is 5.93. The van der Waals surface area contributed by atoms with Crippen LogP contribution >= 0.6 is 11.6 Å². The highest BCUT2D eigenvalue weighted by Crippen LogP contribution is 2.29. The summed E-state index contributed by atoms with van der Waals surface area (Å²) in [6, 6.07) is 12.9. The van der Waals surface area contributed by atoms with Gasteiger partial charge in [-0.25, -0.2) is 0 Å². The molecule has 0 saturated carbocycles. The van der Waals surface area contributed by atoms with Gasteiger partial charge in [-0.15, -0.1) is 0 Å². The van der Waals surface area contributed by atoms with Gasteiger partial charge < -0.3 is 14.6 Å². The molecule has 0 amide bonds. The van der Waals surface area contributed by atoms with E-state index >= 15 is 0 Å². The van der Waals surface area contributed by atoms with Crippen LogP contribution < -0.4 is 9.47 Å². The number of halogens is 1. The van der Waals surface area contributed by atoms with Gasteiger partial charge in [-0.1, -0.05) is 23.7 Å². The molecule has 20 heavy (non-hydrogen) atoms. The van der Waals surface area contributed by atoms with Gasteiger partial charge >= 0.3 is 0 Å². The van der Waals surface area contributed by atoms with Crippen LogP contribution in [0, 0.1) is 0 Å². The third kappa shape index (κ3) is 3.65. The highest BCUT2D eigenvalue weighted by molar-refractivity contribution is 6.30. The van der Waals surface area contributed by atoms with Crippen LogP contribution in [0.5, 0.6) is 11.5 Å². The lowest BCUT2D eigenvalue weighted by molar-refractivity contribution is 0.190. The van der Waals surface area contributed by atoms with E-state index in [1.807, 2.05) is 24.3 Å².